The van der Waals surface area contributed by atoms with Crippen molar-refractivity contribution in [1.29, 1.82) is 0 Å². The van der Waals surface area contributed by atoms with E-state index in [1.54, 1.807) is 22.3 Å². The first kappa shape index (κ1) is 12.9. The molecule has 1 aliphatic heterocycles. The molecule has 3 aliphatic carbocycles. The van der Waals surface area contributed by atoms with Crippen molar-refractivity contribution in [3.63, 3.8) is 0 Å². The third-order valence-corrected chi connectivity index (χ3v) is 6.09. The zero-order chi connectivity index (χ0) is 14.7. The highest BCUT2D eigenvalue weighted by Gasteiger charge is 2.52. The number of β-amino-alcohol motifs (C(OH)–C–C–N with tert-alkyl or cyclic N) is 1. The predicted octanol–water partition coefficient (Wildman–Crippen LogP) is 2.82. The fourth-order valence-electron chi connectivity index (χ4n) is 5.38. The first-order valence-corrected chi connectivity index (χ1v) is 8.39. The second-order valence-corrected chi connectivity index (χ2v) is 7.02. The van der Waals surface area contributed by atoms with E-state index in [4.69, 9.17) is 0 Å². The Hall–Kier alpha value is -1.64. The maximum absolute atomic E-state index is 9.31. The Morgan fingerprint density at radius 1 is 0.773 bits per heavy atom. The molecular formula is C20H21NO. The van der Waals surface area contributed by atoms with E-state index in [1.807, 2.05) is 0 Å². The molecule has 2 nitrogen and oxygen atoms in total. The molecule has 112 valence electrons. The summed E-state index contributed by atoms with van der Waals surface area (Å²) in [6, 6.07) is 18.1. The lowest BCUT2D eigenvalue weighted by molar-refractivity contribution is 0.215. The molecule has 2 aromatic rings. The highest BCUT2D eigenvalue weighted by molar-refractivity contribution is 5.57. The van der Waals surface area contributed by atoms with E-state index in [1.165, 1.54) is 0 Å². The Balaban J connectivity index is 1.68. The lowest BCUT2D eigenvalue weighted by atomic mass is 9.55. The van der Waals surface area contributed by atoms with Crippen LogP contribution in [0.25, 0.3) is 0 Å². The molecule has 0 amide bonds. The summed E-state index contributed by atoms with van der Waals surface area (Å²) < 4.78 is 0. The van der Waals surface area contributed by atoms with Crippen molar-refractivity contribution in [3.05, 3.63) is 70.8 Å². The maximum atomic E-state index is 9.31. The standard InChI is InChI=1S/C20H21NO/c22-10-9-21-11-17-18(12-21)20-14-6-2-1-5-13(14)19(17)15-7-3-4-8-16(15)20/h1-8,17-20,22H,9-12H2/t17-,18-,19?,20?/m1/s1. The van der Waals surface area contributed by atoms with Crippen LogP contribution in [-0.2, 0) is 0 Å². The van der Waals surface area contributed by atoms with Gasteiger partial charge in [-0.25, -0.2) is 0 Å². The molecule has 0 saturated carbocycles. The van der Waals surface area contributed by atoms with E-state index >= 15 is 0 Å². The maximum Gasteiger partial charge on any atom is 0.0558 e. The zero-order valence-electron chi connectivity index (χ0n) is 12.7. The molecule has 2 bridgehead atoms. The molecule has 4 aliphatic rings. The zero-order valence-corrected chi connectivity index (χ0v) is 12.7. The topological polar surface area (TPSA) is 23.5 Å². The molecule has 2 heteroatoms. The van der Waals surface area contributed by atoms with Crippen molar-refractivity contribution >= 4 is 0 Å². The van der Waals surface area contributed by atoms with Gasteiger partial charge in [0.2, 0.25) is 0 Å². The van der Waals surface area contributed by atoms with E-state index in [9.17, 15) is 5.11 Å². The van der Waals surface area contributed by atoms with Gasteiger partial charge in [-0.3, -0.25) is 0 Å². The minimum atomic E-state index is 0.272. The third kappa shape index (κ3) is 1.57. The number of hydrogen-bond acceptors (Lipinski definition) is 2. The van der Waals surface area contributed by atoms with Gasteiger partial charge in [0.25, 0.3) is 0 Å². The summed E-state index contributed by atoms with van der Waals surface area (Å²) in [5, 5.41) is 9.31. The van der Waals surface area contributed by atoms with Crippen LogP contribution in [0.3, 0.4) is 0 Å². The molecule has 2 atom stereocenters. The second-order valence-electron chi connectivity index (χ2n) is 7.02. The fraction of sp³-hybridized carbons (Fsp3) is 0.400. The summed E-state index contributed by atoms with van der Waals surface area (Å²) in [4.78, 5) is 2.47. The predicted molar refractivity (Wildman–Crippen MR) is 87.1 cm³/mol. The van der Waals surface area contributed by atoms with Crippen LogP contribution < -0.4 is 0 Å². The third-order valence-electron chi connectivity index (χ3n) is 6.09. The molecule has 1 saturated heterocycles. The molecule has 0 aromatic heterocycles. The summed E-state index contributed by atoms with van der Waals surface area (Å²) in [5.74, 6) is 2.51. The molecule has 0 radical (unpaired) electrons. The molecule has 1 heterocycles. The SMILES string of the molecule is OCCN1C[C@H]2C3c4ccccc4C(c4ccccc43)[C@@H]2C1. The number of hydrogen-bond donors (Lipinski definition) is 1. The molecule has 0 unspecified atom stereocenters. The monoisotopic (exact) mass is 291 g/mol. The lowest BCUT2D eigenvalue weighted by Crippen LogP contribution is -2.39. The largest absolute Gasteiger partial charge is 0.395 e. The minimum absolute atomic E-state index is 0.272. The van der Waals surface area contributed by atoms with Gasteiger partial charge in [0, 0.05) is 31.5 Å². The van der Waals surface area contributed by atoms with Crippen molar-refractivity contribution in [3.8, 4) is 0 Å². The number of nitrogens with zero attached hydrogens (tertiary/aromatic N) is 1. The van der Waals surface area contributed by atoms with Crippen LogP contribution in [0.5, 0.6) is 0 Å². The molecule has 2 aromatic carbocycles. The van der Waals surface area contributed by atoms with Crippen LogP contribution in [0.2, 0.25) is 0 Å². The average molecular weight is 291 g/mol. The van der Waals surface area contributed by atoms with Crippen LogP contribution in [0, 0.1) is 11.8 Å². The van der Waals surface area contributed by atoms with E-state index < -0.39 is 0 Å². The number of aliphatic hydroxyl groups is 1. The highest BCUT2D eigenvalue weighted by Crippen LogP contribution is 2.60. The molecule has 1 fully saturated rings. The molecule has 22 heavy (non-hydrogen) atoms. The van der Waals surface area contributed by atoms with Gasteiger partial charge in [0.1, 0.15) is 0 Å². The molecule has 6 rings (SSSR count). The van der Waals surface area contributed by atoms with Crippen LogP contribution >= 0.6 is 0 Å². The van der Waals surface area contributed by atoms with Gasteiger partial charge in [-0.1, -0.05) is 48.5 Å². The first-order chi connectivity index (χ1) is 10.9. The second kappa shape index (κ2) is 4.68. The van der Waals surface area contributed by atoms with E-state index in [0.29, 0.717) is 23.7 Å². The Kier molecular flexibility index (Phi) is 2.73. The molecule has 1 N–H and O–H groups in total. The Labute approximate surface area is 131 Å². The van der Waals surface area contributed by atoms with Crippen molar-refractivity contribution in [2.45, 2.75) is 11.8 Å². The smallest absolute Gasteiger partial charge is 0.0558 e. The quantitative estimate of drug-likeness (QED) is 0.919. The van der Waals surface area contributed by atoms with Gasteiger partial charge in [-0.05, 0) is 34.1 Å². The van der Waals surface area contributed by atoms with Crippen LogP contribution in [0.4, 0.5) is 0 Å². The van der Waals surface area contributed by atoms with Crippen molar-refractivity contribution in [1.82, 2.24) is 4.90 Å². The summed E-state index contributed by atoms with van der Waals surface area (Å²) in [5.41, 5.74) is 6.22. The fourth-order valence-corrected chi connectivity index (χ4v) is 5.38. The van der Waals surface area contributed by atoms with Crippen molar-refractivity contribution in [2.24, 2.45) is 11.8 Å². The van der Waals surface area contributed by atoms with Crippen molar-refractivity contribution < 1.29 is 5.11 Å². The van der Waals surface area contributed by atoms with Gasteiger partial charge >= 0.3 is 0 Å². The van der Waals surface area contributed by atoms with Gasteiger partial charge < -0.3 is 10.0 Å². The lowest BCUT2D eigenvalue weighted by Gasteiger charge is -2.48. The summed E-state index contributed by atoms with van der Waals surface area (Å²) >= 11 is 0. The number of likely N-dealkylation sites (tertiary alicyclic amines) is 1. The summed E-state index contributed by atoms with van der Waals surface area (Å²) in [6.07, 6.45) is 0. The minimum Gasteiger partial charge on any atom is -0.395 e. The highest BCUT2D eigenvalue weighted by atomic mass is 16.3. The normalized spacial score (nSPS) is 31.7. The number of aliphatic hydroxyl groups excluding tert-OH is 1. The Morgan fingerprint density at radius 2 is 1.18 bits per heavy atom. The van der Waals surface area contributed by atoms with Crippen LogP contribution in [0.1, 0.15) is 34.1 Å². The van der Waals surface area contributed by atoms with Gasteiger partial charge in [-0.2, -0.15) is 0 Å². The first-order valence-electron chi connectivity index (χ1n) is 8.39. The number of benzene rings is 2. The van der Waals surface area contributed by atoms with Gasteiger partial charge in [-0.15, -0.1) is 0 Å². The van der Waals surface area contributed by atoms with E-state index in [0.717, 1.165) is 19.6 Å². The van der Waals surface area contributed by atoms with Gasteiger partial charge in [0.05, 0.1) is 6.61 Å². The van der Waals surface area contributed by atoms with E-state index in [-0.39, 0.29) is 6.61 Å². The van der Waals surface area contributed by atoms with E-state index in [2.05, 4.69) is 53.4 Å². The Bertz CT molecular complexity index is 620. The van der Waals surface area contributed by atoms with Crippen molar-refractivity contribution in [2.75, 3.05) is 26.2 Å². The molecule has 0 spiro atoms. The summed E-state index contributed by atoms with van der Waals surface area (Å²) in [6.45, 7) is 3.36. The number of rotatable bonds is 2. The van der Waals surface area contributed by atoms with Gasteiger partial charge in [0.15, 0.2) is 0 Å². The Morgan fingerprint density at radius 3 is 1.55 bits per heavy atom. The summed E-state index contributed by atoms with van der Waals surface area (Å²) in [7, 11) is 0. The average Bonchev–Trinajstić information content (AvgIpc) is 2.98. The van der Waals surface area contributed by atoms with Crippen LogP contribution in [-0.4, -0.2) is 36.2 Å². The van der Waals surface area contributed by atoms with Crippen LogP contribution in [0.15, 0.2) is 48.5 Å². The molecular weight excluding hydrogens is 270 g/mol.